The Morgan fingerprint density at radius 2 is 1.49 bits per heavy atom. The number of phosphoric acid groups is 3. The van der Waals surface area contributed by atoms with E-state index in [1.807, 2.05) is 4.98 Å². The number of aromatic nitrogens is 6. The predicted octanol–water partition coefficient (Wildman–Crippen LogP) is -4.91. The Morgan fingerprint density at radius 3 is 2.18 bits per heavy atom. The van der Waals surface area contributed by atoms with Crippen LogP contribution in [0.25, 0.3) is 11.2 Å². The van der Waals surface area contributed by atoms with Gasteiger partial charge in [0.2, 0.25) is 0 Å². The second-order valence-electron chi connectivity index (χ2n) is 11.6. The predicted molar refractivity (Wildman–Crippen MR) is 164 cm³/mol. The summed E-state index contributed by atoms with van der Waals surface area (Å²) in [6.45, 7) is -1.00. The molecule has 0 saturated carbocycles. The number of aliphatic hydroxyl groups is 3. The molecule has 12 atom stereocenters. The zero-order valence-electron chi connectivity index (χ0n) is 27.2. The third-order valence-corrected chi connectivity index (χ3v) is 16.2. The summed E-state index contributed by atoms with van der Waals surface area (Å²) in [6, 6.07) is 0. The maximum Gasteiger partial charge on any atom is 0.330 e. The van der Waals surface area contributed by atoms with Crippen LogP contribution < -0.4 is 41.4 Å². The van der Waals surface area contributed by atoms with Gasteiger partial charge in [-0.2, -0.15) is 0 Å². The summed E-state index contributed by atoms with van der Waals surface area (Å²) in [4.78, 5) is 98.2. The van der Waals surface area contributed by atoms with Crippen molar-refractivity contribution in [2.45, 2.75) is 56.3 Å². The molecule has 34 heteroatoms. The molecule has 2 aliphatic heterocycles. The lowest BCUT2D eigenvalue weighted by molar-refractivity contribution is -0.251. The number of aromatic amines is 1. The number of nitrogens with zero attached hydrogens (tertiary/aromatic N) is 5. The quantitative estimate of drug-likeness (QED) is 0.0842. The first-order valence-corrected chi connectivity index (χ1v) is 22.7. The molecule has 0 radical (unpaired) electrons. The number of hydrogen-bond donors (Lipinski definition) is 5. The van der Waals surface area contributed by atoms with Gasteiger partial charge in [-0.15, -0.1) is 0 Å². The fraction of sp³-hybridized carbons (Fsp3) is 0.571. The van der Waals surface area contributed by atoms with Crippen molar-refractivity contribution in [3.8, 4) is 0 Å². The lowest BCUT2D eigenvalue weighted by atomic mass is 10.1. The number of H-pyrrole nitrogens is 1. The van der Waals surface area contributed by atoms with Gasteiger partial charge in [-0.3, -0.25) is 36.9 Å². The molecule has 5 rings (SSSR count). The number of phosphoric ester groups is 1. The van der Waals surface area contributed by atoms with Crippen LogP contribution in [0, 0.1) is 6.92 Å². The number of ether oxygens (including phenoxy) is 2. The lowest BCUT2D eigenvalue weighted by Gasteiger charge is -2.38. The highest BCUT2D eigenvalue weighted by Crippen LogP contribution is 2.68. The van der Waals surface area contributed by atoms with Crippen LogP contribution in [0.4, 0.5) is 5.82 Å². The van der Waals surface area contributed by atoms with Crippen molar-refractivity contribution in [3.63, 3.8) is 0 Å². The van der Waals surface area contributed by atoms with Gasteiger partial charge in [0.25, 0.3) is 29.0 Å². The van der Waals surface area contributed by atoms with E-state index in [2.05, 4.69) is 36.9 Å². The number of aryl methyl sites for hydroxylation is 1. The monoisotopic (exact) mass is 884 g/mol. The maximum atomic E-state index is 12.3. The molecule has 0 aromatic carbocycles. The Morgan fingerprint density at radius 1 is 0.855 bits per heavy atom. The third kappa shape index (κ3) is 10.8. The van der Waals surface area contributed by atoms with Crippen molar-refractivity contribution >= 4 is 55.6 Å². The molecule has 12 unspecified atom stereocenters. The van der Waals surface area contributed by atoms with E-state index in [0.29, 0.717) is 0 Å². The average Bonchev–Trinajstić information content (AvgIpc) is 3.70. The van der Waals surface area contributed by atoms with Crippen LogP contribution >= 0.6 is 38.7 Å². The summed E-state index contributed by atoms with van der Waals surface area (Å²) < 4.78 is 93.0. The Balaban J connectivity index is 1.12. The summed E-state index contributed by atoms with van der Waals surface area (Å²) in [5.74, 6) is -2.32. The lowest BCUT2D eigenvalue weighted by Crippen LogP contribution is -2.34. The minimum atomic E-state index is -6.73. The second-order valence-corrected chi connectivity index (χ2v) is 20.3. The SMILES string of the molecule is Cc1cn(C2CC(O)C(COP(=O)([O-])CP(=O)([O-])OP(=O)([O-])OP(=O)([O-])OP(=O)([O-])OCC3OC(n4cnc5c(N)ncnc54)C(O)C3O)O2)c(=O)[nH]c1=O. The van der Waals surface area contributed by atoms with Crippen molar-refractivity contribution in [2.75, 3.05) is 24.9 Å². The molecule has 0 aliphatic carbocycles. The molecular weight excluding hydrogens is 857 g/mol. The van der Waals surface area contributed by atoms with Crippen molar-refractivity contribution in [1.29, 1.82) is 0 Å². The molecule has 0 bridgehead atoms. The molecule has 6 N–H and O–H groups in total. The van der Waals surface area contributed by atoms with Gasteiger partial charge in [-0.25, -0.2) is 28.4 Å². The highest BCUT2D eigenvalue weighted by Gasteiger charge is 2.45. The summed E-state index contributed by atoms with van der Waals surface area (Å²) in [5.41, 5.74) is 4.23. The largest absolute Gasteiger partial charge is 0.778 e. The minimum absolute atomic E-state index is 0.0249. The van der Waals surface area contributed by atoms with Gasteiger partial charge in [0.05, 0.1) is 31.5 Å². The van der Waals surface area contributed by atoms with E-state index < -0.39 is 112 Å². The Labute approximate surface area is 305 Å². The van der Waals surface area contributed by atoms with Crippen molar-refractivity contribution in [2.24, 2.45) is 0 Å². The first-order chi connectivity index (χ1) is 25.3. The molecule has 5 heterocycles. The summed E-state index contributed by atoms with van der Waals surface area (Å²) >= 11 is 0. The Kier molecular flexibility index (Phi) is 12.8. The van der Waals surface area contributed by atoms with E-state index in [1.165, 1.54) is 6.92 Å². The molecule has 308 valence electrons. The van der Waals surface area contributed by atoms with Crippen LogP contribution in [0.5, 0.6) is 0 Å². The molecule has 2 fully saturated rings. The van der Waals surface area contributed by atoms with Gasteiger partial charge in [-0.1, -0.05) is 0 Å². The summed E-state index contributed by atoms with van der Waals surface area (Å²) in [7, 11) is -31.5. The highest BCUT2D eigenvalue weighted by atomic mass is 31.3. The maximum absolute atomic E-state index is 12.3. The first kappa shape index (κ1) is 43.7. The summed E-state index contributed by atoms with van der Waals surface area (Å²) in [5, 5.41) is 31.0. The van der Waals surface area contributed by atoms with Crippen molar-refractivity contribution in [3.05, 3.63) is 45.3 Å². The van der Waals surface area contributed by atoms with Crippen molar-refractivity contribution < 1.29 is 94.1 Å². The standard InChI is InChI=1S/C21H32N7O22P5/c1-9-3-27(21(33)26-19(9)32)13-2-10(29)11(46-13)4-44-51(34,35)8-52(36,37)48-54(40,41)50-55(42,43)49-53(38,39)45-5-12-15(30)16(31)20(47-12)28-7-25-14-17(22)23-6-24-18(14)28/h3,6-7,10-13,15-16,20,29-31H,2,4-5,8H2,1H3,(H,34,35)(H,36,37)(H,38,39)(H,40,41)(H,42,43)(H2,22,23,24)(H,26,32,33)/p-5. The molecule has 29 nitrogen and oxygen atoms in total. The van der Waals surface area contributed by atoms with E-state index >= 15 is 0 Å². The molecule has 0 amide bonds. The van der Waals surface area contributed by atoms with Gasteiger partial charge in [0.15, 0.2) is 25.3 Å². The van der Waals surface area contributed by atoms with E-state index in [9.17, 15) is 72.2 Å². The van der Waals surface area contributed by atoms with Gasteiger partial charge < -0.3 is 73.2 Å². The zero-order valence-corrected chi connectivity index (χ0v) is 31.7. The molecule has 0 spiro atoms. The summed E-state index contributed by atoms with van der Waals surface area (Å²) in [6.07, 6.45) is -8.23. The van der Waals surface area contributed by atoms with Crippen LogP contribution in [0.1, 0.15) is 24.4 Å². The van der Waals surface area contributed by atoms with Crippen LogP contribution in [-0.2, 0) is 54.3 Å². The Bertz CT molecular complexity index is 2280. The highest BCUT2D eigenvalue weighted by molar-refractivity contribution is 7.74. The molecule has 3 aromatic rings. The van der Waals surface area contributed by atoms with Gasteiger partial charge in [0, 0.05) is 18.2 Å². The Hall–Kier alpha value is -2.42. The number of nitrogens with two attached hydrogens (primary N) is 1. The number of hydrogen-bond acceptors (Lipinski definition) is 26. The van der Waals surface area contributed by atoms with E-state index in [1.54, 1.807) is 0 Å². The number of imidazole rings is 1. The average molecular weight is 884 g/mol. The molecule has 55 heavy (non-hydrogen) atoms. The molecule has 3 aromatic heterocycles. The molecular formula is C21H27N7O22P5-5. The zero-order chi connectivity index (χ0) is 40.9. The van der Waals surface area contributed by atoms with Gasteiger partial charge >= 0.3 is 5.69 Å². The molecule has 2 saturated heterocycles. The fourth-order valence-electron chi connectivity index (χ4n) is 5.07. The van der Waals surface area contributed by atoms with Gasteiger partial charge in [-0.05, 0) is 6.92 Å². The number of nitrogen functional groups attached to an aromatic ring is 1. The van der Waals surface area contributed by atoms with E-state index in [0.717, 1.165) is 28.0 Å². The number of nitrogens with one attached hydrogen (secondary N) is 1. The second kappa shape index (κ2) is 16.1. The number of fused-ring (bicyclic) bond motifs is 1. The smallest absolute Gasteiger partial charge is 0.330 e. The number of aliphatic hydroxyl groups excluding tert-OH is 3. The van der Waals surface area contributed by atoms with Crippen LogP contribution in [0.2, 0.25) is 0 Å². The topological polar surface area (TPSA) is 450 Å². The van der Waals surface area contributed by atoms with E-state index in [-0.39, 0.29) is 29.0 Å². The van der Waals surface area contributed by atoms with Crippen molar-refractivity contribution in [1.82, 2.24) is 29.1 Å². The van der Waals surface area contributed by atoms with Gasteiger partial charge in [0.1, 0.15) is 50.1 Å². The van der Waals surface area contributed by atoms with E-state index in [4.69, 9.17) is 15.2 Å². The fourth-order valence-corrected chi connectivity index (χ4v) is 12.6. The van der Waals surface area contributed by atoms with Crippen LogP contribution in [0.15, 0.2) is 28.4 Å². The normalized spacial score (nSPS) is 29.9. The molecule has 2 aliphatic rings. The van der Waals surface area contributed by atoms with Crippen LogP contribution in [-0.4, -0.2) is 94.0 Å². The number of anilines is 1. The van der Waals surface area contributed by atoms with Crippen LogP contribution in [0.3, 0.4) is 0 Å². The third-order valence-electron chi connectivity index (χ3n) is 7.46. The first-order valence-electron chi connectivity index (χ1n) is 14.8. The number of rotatable bonds is 16. The minimum Gasteiger partial charge on any atom is -0.778 e.